The van der Waals surface area contributed by atoms with Crippen LogP contribution in [-0.2, 0) is 16.0 Å². The Bertz CT molecular complexity index is 1750. The summed E-state index contributed by atoms with van der Waals surface area (Å²) in [6.45, 7) is 5.85. The number of anilines is 2. The van der Waals surface area contributed by atoms with Crippen molar-refractivity contribution in [3.05, 3.63) is 83.6 Å². The molecule has 5 aromatic rings. The highest BCUT2D eigenvalue weighted by atomic mass is 32.1. The predicted octanol–water partition coefficient (Wildman–Crippen LogP) is 5.51. The van der Waals surface area contributed by atoms with E-state index in [1.54, 1.807) is 30.6 Å². The maximum atomic E-state index is 12.0. The molecule has 0 aromatic carbocycles. The van der Waals surface area contributed by atoms with Gasteiger partial charge in [-0.15, -0.1) is 22.8 Å². The fourth-order valence-corrected chi connectivity index (χ4v) is 3.71. The summed E-state index contributed by atoms with van der Waals surface area (Å²) < 4.78 is 5.10. The van der Waals surface area contributed by atoms with Crippen LogP contribution in [0.2, 0.25) is 0 Å². The molecule has 0 unspecified atom stereocenters. The number of hydrogen-bond acceptors (Lipinski definition) is 12. The van der Waals surface area contributed by atoms with Crippen molar-refractivity contribution >= 4 is 36.3 Å². The van der Waals surface area contributed by atoms with Crippen molar-refractivity contribution in [3.8, 4) is 23.0 Å². The van der Waals surface area contributed by atoms with Crippen LogP contribution in [0.25, 0.3) is 23.0 Å². The number of rotatable bonds is 11. The lowest BCUT2D eigenvalue weighted by molar-refractivity contribution is -0.116. The number of carbonyl (C=O) groups excluding carboxylic acids is 2. The molecule has 0 aliphatic carbocycles. The number of nitrogens with zero attached hydrogens (tertiary/aromatic N) is 8. The zero-order chi connectivity index (χ0) is 32.0. The van der Waals surface area contributed by atoms with Crippen molar-refractivity contribution in [2.45, 2.75) is 46.0 Å². The first-order valence-corrected chi connectivity index (χ1v) is 14.4. The first-order valence-electron chi connectivity index (χ1n) is 13.9. The Morgan fingerprint density at radius 2 is 1.53 bits per heavy atom. The van der Waals surface area contributed by atoms with Crippen LogP contribution in [0.15, 0.2) is 76.4 Å². The Labute approximate surface area is 269 Å². The number of aromatic nitrogens is 10. The quantitative estimate of drug-likeness (QED) is 0.0902. The van der Waals surface area contributed by atoms with Crippen LogP contribution in [0.5, 0.6) is 0 Å². The van der Waals surface area contributed by atoms with E-state index in [1.165, 1.54) is 0 Å². The lowest BCUT2D eigenvalue weighted by Gasteiger charge is -1.99. The number of thiol groups is 1. The third-order valence-corrected chi connectivity index (χ3v) is 5.98. The number of aryl methyl sites for hydroxylation is 1. The molecule has 2 amide bonds. The SMILES string of the molecule is C/C=C\C=C(/S)CC(=O)Nc1n[nH]c(-c2ccccn2)n1.CC(C)c1noc(CCC(=O)Nc2n[nH]c(-c3ccccn3)n2)n1.[HH].[HH].[HH].[HH]. The monoisotopic (exact) mass is 636 g/mol. The van der Waals surface area contributed by atoms with Crippen molar-refractivity contribution in [1.82, 2.24) is 50.5 Å². The number of pyridine rings is 2. The van der Waals surface area contributed by atoms with Gasteiger partial charge in [0.15, 0.2) is 17.5 Å². The average Bonchev–Trinajstić information content (AvgIpc) is 3.82. The van der Waals surface area contributed by atoms with E-state index in [0.29, 0.717) is 46.1 Å². The standard InChI is InChI=1S/C15H17N7O2.C14H15N5OS.4H2/c1-9(2)13-18-12(24-22-13)7-6-11(23)17-15-19-14(20-21-15)10-5-3-4-8-16-10;1-2-3-6-10(21)9-12(20)16-14-17-13(18-19-14)11-7-4-5-8-15-11;;;;/h3-5,8-9H,6-7H2,1-2H3,(H2,17,19,20,21,23);2-8,21H,9H2,1H3,(H2,16,17,18,19,20);4*1H/b;3-2-,10-6-;;;;. The highest BCUT2D eigenvalue weighted by Gasteiger charge is 2.14. The van der Waals surface area contributed by atoms with Gasteiger partial charge in [-0.05, 0) is 36.1 Å². The van der Waals surface area contributed by atoms with Gasteiger partial charge >= 0.3 is 0 Å². The second-order valence-corrected chi connectivity index (χ2v) is 10.2. The number of aromatic amines is 2. The summed E-state index contributed by atoms with van der Waals surface area (Å²) >= 11 is 4.22. The smallest absolute Gasteiger partial charge is 0.249 e. The average molecular weight is 637 g/mol. The van der Waals surface area contributed by atoms with Gasteiger partial charge in [-0.1, -0.05) is 49.4 Å². The molecule has 5 aromatic heterocycles. The minimum absolute atomic E-state index is 0. The number of nitrogens with one attached hydrogen (secondary N) is 4. The van der Waals surface area contributed by atoms with Gasteiger partial charge in [0.2, 0.25) is 29.6 Å². The van der Waals surface area contributed by atoms with Gasteiger partial charge in [0, 0.05) is 36.9 Å². The van der Waals surface area contributed by atoms with Crippen LogP contribution in [0.4, 0.5) is 11.9 Å². The molecule has 0 atom stereocenters. The third-order valence-electron chi connectivity index (χ3n) is 5.68. The molecule has 5 rings (SSSR count). The van der Waals surface area contributed by atoms with Crippen molar-refractivity contribution in [3.63, 3.8) is 0 Å². The van der Waals surface area contributed by atoms with Crippen LogP contribution in [-0.4, -0.2) is 62.3 Å². The molecule has 0 radical (unpaired) electrons. The zero-order valence-corrected chi connectivity index (χ0v) is 25.7. The topological polar surface area (TPSA) is 206 Å². The largest absolute Gasteiger partial charge is 0.339 e. The fraction of sp³-hybridized carbons (Fsp3) is 0.241. The summed E-state index contributed by atoms with van der Waals surface area (Å²) in [4.78, 5) is 45.3. The number of H-pyrrole nitrogens is 2. The van der Waals surface area contributed by atoms with Gasteiger partial charge < -0.3 is 4.52 Å². The molecule has 16 heteroatoms. The van der Waals surface area contributed by atoms with Gasteiger partial charge in [0.25, 0.3) is 0 Å². The van der Waals surface area contributed by atoms with E-state index >= 15 is 0 Å². The Morgan fingerprint density at radius 3 is 2.04 bits per heavy atom. The molecule has 240 valence electrons. The Balaban J connectivity index is 0.000000876. The summed E-state index contributed by atoms with van der Waals surface area (Å²) in [5.41, 5.74) is 1.31. The second kappa shape index (κ2) is 16.4. The molecule has 45 heavy (non-hydrogen) atoms. The Hall–Kier alpha value is -5.51. The lowest BCUT2D eigenvalue weighted by atomic mass is 10.2. The maximum absolute atomic E-state index is 12.0. The summed E-state index contributed by atoms with van der Waals surface area (Å²) in [5.74, 6) is 2.22. The minimum Gasteiger partial charge on any atom is -0.339 e. The van der Waals surface area contributed by atoms with E-state index in [0.717, 1.165) is 0 Å². The Morgan fingerprint density at radius 1 is 0.933 bits per heavy atom. The van der Waals surface area contributed by atoms with Crippen LogP contribution in [0.3, 0.4) is 0 Å². The highest BCUT2D eigenvalue weighted by molar-refractivity contribution is 7.84. The summed E-state index contributed by atoms with van der Waals surface area (Å²) in [7, 11) is 0. The van der Waals surface area contributed by atoms with Gasteiger partial charge in [-0.2, -0.15) is 15.0 Å². The van der Waals surface area contributed by atoms with E-state index in [1.807, 2.05) is 57.2 Å². The molecular formula is C29H40N12O3S. The molecule has 0 aliphatic heterocycles. The van der Waals surface area contributed by atoms with E-state index in [2.05, 4.69) is 73.7 Å². The van der Waals surface area contributed by atoms with Gasteiger partial charge in [0.05, 0.1) is 6.42 Å². The normalized spacial score (nSPS) is 11.4. The predicted molar refractivity (Wildman–Crippen MR) is 178 cm³/mol. The summed E-state index contributed by atoms with van der Waals surface area (Å²) in [6.07, 6.45) is 9.50. The van der Waals surface area contributed by atoms with E-state index in [-0.39, 0.29) is 48.2 Å². The molecule has 0 saturated heterocycles. The van der Waals surface area contributed by atoms with Crippen LogP contribution in [0, 0.1) is 0 Å². The third kappa shape index (κ3) is 10.3. The molecule has 0 aliphatic rings. The van der Waals surface area contributed by atoms with Crippen molar-refractivity contribution in [2.75, 3.05) is 10.6 Å². The first kappa shape index (κ1) is 32.4. The number of carbonyl (C=O) groups is 2. The maximum Gasteiger partial charge on any atom is 0.249 e. The van der Waals surface area contributed by atoms with Crippen molar-refractivity contribution in [2.24, 2.45) is 0 Å². The lowest BCUT2D eigenvalue weighted by Crippen LogP contribution is -2.13. The minimum atomic E-state index is -0.231. The van der Waals surface area contributed by atoms with Crippen LogP contribution >= 0.6 is 12.6 Å². The number of hydrogen-bond donors (Lipinski definition) is 5. The molecule has 0 bridgehead atoms. The number of allylic oxidation sites excluding steroid dienone is 3. The molecule has 15 nitrogen and oxygen atoms in total. The highest BCUT2D eigenvalue weighted by Crippen LogP contribution is 2.15. The van der Waals surface area contributed by atoms with Crippen molar-refractivity contribution < 1.29 is 19.8 Å². The number of amides is 2. The van der Waals surface area contributed by atoms with Gasteiger partial charge in [0.1, 0.15) is 11.4 Å². The van der Waals surface area contributed by atoms with E-state index in [9.17, 15) is 9.59 Å². The molecule has 5 heterocycles. The fourth-order valence-electron chi connectivity index (χ4n) is 3.48. The summed E-state index contributed by atoms with van der Waals surface area (Å²) in [5, 5.41) is 22.4. The molecule has 0 fully saturated rings. The molecular weight excluding hydrogens is 596 g/mol. The first-order chi connectivity index (χ1) is 21.8. The Kier molecular flexibility index (Phi) is 11.8. The van der Waals surface area contributed by atoms with Crippen molar-refractivity contribution in [1.29, 1.82) is 0 Å². The van der Waals surface area contributed by atoms with Crippen LogP contribution in [0.1, 0.15) is 57.0 Å². The van der Waals surface area contributed by atoms with E-state index < -0.39 is 0 Å². The molecule has 4 N–H and O–H groups in total. The van der Waals surface area contributed by atoms with Gasteiger partial charge in [-0.3, -0.25) is 40.4 Å². The van der Waals surface area contributed by atoms with E-state index in [4.69, 9.17) is 4.52 Å². The second-order valence-electron chi connectivity index (χ2n) is 9.60. The van der Waals surface area contributed by atoms with Gasteiger partial charge in [-0.25, -0.2) is 0 Å². The summed E-state index contributed by atoms with van der Waals surface area (Å²) in [6, 6.07) is 10.9. The molecule has 0 saturated carbocycles. The molecule has 0 spiro atoms. The zero-order valence-electron chi connectivity index (χ0n) is 24.8. The van der Waals surface area contributed by atoms with Crippen LogP contribution < -0.4 is 10.6 Å².